The summed E-state index contributed by atoms with van der Waals surface area (Å²) in [5, 5.41) is 22.7. The summed E-state index contributed by atoms with van der Waals surface area (Å²) in [7, 11) is 0. The molecule has 1 heterocycles. The van der Waals surface area contributed by atoms with Gasteiger partial charge in [-0.2, -0.15) is 0 Å². The number of benzene rings is 1. The maximum atomic E-state index is 13.2. The van der Waals surface area contributed by atoms with Crippen molar-refractivity contribution in [2.24, 2.45) is 11.7 Å². The highest BCUT2D eigenvalue weighted by Crippen LogP contribution is 2.12. The molecular formula is C28H39N7O8. The molecule has 8 N–H and O–H groups in total. The van der Waals surface area contributed by atoms with Crippen molar-refractivity contribution in [2.75, 3.05) is 31.5 Å². The van der Waals surface area contributed by atoms with Crippen LogP contribution in [0.25, 0.3) is 0 Å². The fourth-order valence-corrected chi connectivity index (χ4v) is 4.17. The number of imide groups is 1. The lowest BCUT2D eigenvalue weighted by molar-refractivity contribution is -0.137. The Kier molecular flexibility index (Phi) is 13.8. The van der Waals surface area contributed by atoms with Crippen molar-refractivity contribution in [2.45, 2.75) is 51.6 Å². The Labute approximate surface area is 249 Å². The first kappa shape index (κ1) is 34.4. The van der Waals surface area contributed by atoms with Crippen molar-refractivity contribution in [1.29, 1.82) is 0 Å². The third-order valence-electron chi connectivity index (χ3n) is 6.45. The van der Waals surface area contributed by atoms with Crippen molar-refractivity contribution in [3.63, 3.8) is 0 Å². The van der Waals surface area contributed by atoms with Gasteiger partial charge in [0, 0.05) is 50.4 Å². The second kappa shape index (κ2) is 17.2. The zero-order valence-corrected chi connectivity index (χ0v) is 24.2. The van der Waals surface area contributed by atoms with Crippen LogP contribution in [0.2, 0.25) is 0 Å². The van der Waals surface area contributed by atoms with Gasteiger partial charge in [0.25, 0.3) is 11.8 Å². The van der Waals surface area contributed by atoms with Crippen LogP contribution in [0.5, 0.6) is 0 Å². The lowest BCUT2D eigenvalue weighted by Gasteiger charge is -2.25. The number of carboxylic acids is 1. The molecule has 7 amide bonds. The van der Waals surface area contributed by atoms with Gasteiger partial charge >= 0.3 is 12.0 Å². The summed E-state index contributed by atoms with van der Waals surface area (Å²) in [5.74, 6) is -3.33. The molecule has 1 aliphatic rings. The quantitative estimate of drug-likeness (QED) is 0.0863. The number of rotatable bonds is 18. The summed E-state index contributed by atoms with van der Waals surface area (Å²) >= 11 is 0. The van der Waals surface area contributed by atoms with E-state index in [9.17, 15) is 33.6 Å². The van der Waals surface area contributed by atoms with E-state index >= 15 is 0 Å². The summed E-state index contributed by atoms with van der Waals surface area (Å²) in [6.45, 7) is 4.45. The van der Waals surface area contributed by atoms with Crippen molar-refractivity contribution in [3.8, 4) is 0 Å². The van der Waals surface area contributed by atoms with Crippen LogP contribution >= 0.6 is 0 Å². The summed E-state index contributed by atoms with van der Waals surface area (Å²) in [4.78, 5) is 84.7. The number of nitrogens with two attached hydrogens (primary N) is 1. The Hall–Kier alpha value is -4.79. The SMILES string of the molecule is CC(C)[C@H](NCCNC(=O)CCCN1C(=O)C=CC1=O)C(=O)N[C@@H](CCCNC(N)=O)C(=O)Nc1ccc(C(=O)O)cc1. The number of hydrogen-bond acceptors (Lipinski definition) is 8. The number of amides is 7. The van der Waals surface area contributed by atoms with Crippen LogP contribution in [0.4, 0.5) is 10.5 Å². The molecule has 0 spiro atoms. The molecule has 0 bridgehead atoms. The molecule has 15 nitrogen and oxygen atoms in total. The molecule has 1 aromatic carbocycles. The molecule has 0 radical (unpaired) electrons. The fourth-order valence-electron chi connectivity index (χ4n) is 4.17. The highest BCUT2D eigenvalue weighted by atomic mass is 16.4. The van der Waals surface area contributed by atoms with Crippen molar-refractivity contribution >= 4 is 47.2 Å². The molecule has 0 aromatic heterocycles. The molecule has 0 saturated carbocycles. The molecule has 43 heavy (non-hydrogen) atoms. The predicted octanol–water partition coefficient (Wildman–Crippen LogP) is -0.308. The van der Waals surface area contributed by atoms with Gasteiger partial charge in [-0.3, -0.25) is 28.9 Å². The lowest BCUT2D eigenvalue weighted by atomic mass is 10.0. The number of aromatic carboxylic acids is 1. The van der Waals surface area contributed by atoms with Gasteiger partial charge in [0.2, 0.25) is 17.7 Å². The van der Waals surface area contributed by atoms with Gasteiger partial charge in [-0.15, -0.1) is 0 Å². The lowest BCUT2D eigenvalue weighted by Crippen LogP contribution is -2.54. The molecule has 2 atom stereocenters. The van der Waals surface area contributed by atoms with E-state index in [0.717, 1.165) is 4.90 Å². The zero-order chi connectivity index (χ0) is 31.9. The van der Waals surface area contributed by atoms with E-state index < -0.39 is 47.7 Å². The van der Waals surface area contributed by atoms with Crippen LogP contribution in [0.15, 0.2) is 36.4 Å². The number of nitrogens with zero attached hydrogens (tertiary/aromatic N) is 1. The first-order valence-electron chi connectivity index (χ1n) is 13.9. The third kappa shape index (κ3) is 11.9. The topological polar surface area (TPSA) is 229 Å². The molecule has 1 aliphatic heterocycles. The second-order valence-corrected chi connectivity index (χ2v) is 10.2. The number of carbonyl (C=O) groups excluding carboxylic acids is 6. The molecule has 0 aliphatic carbocycles. The van der Waals surface area contributed by atoms with Gasteiger partial charge in [0.05, 0.1) is 11.6 Å². The maximum Gasteiger partial charge on any atom is 0.335 e. The molecule has 15 heteroatoms. The minimum Gasteiger partial charge on any atom is -0.478 e. The van der Waals surface area contributed by atoms with Gasteiger partial charge in [-0.25, -0.2) is 9.59 Å². The van der Waals surface area contributed by atoms with E-state index in [1.807, 2.05) is 13.8 Å². The second-order valence-electron chi connectivity index (χ2n) is 10.2. The summed E-state index contributed by atoms with van der Waals surface area (Å²) in [6.07, 6.45) is 3.32. The molecule has 1 aromatic rings. The average molecular weight is 602 g/mol. The third-order valence-corrected chi connectivity index (χ3v) is 6.45. The predicted molar refractivity (Wildman–Crippen MR) is 156 cm³/mol. The van der Waals surface area contributed by atoms with E-state index in [0.29, 0.717) is 18.5 Å². The van der Waals surface area contributed by atoms with Gasteiger partial charge in [0.1, 0.15) is 6.04 Å². The number of nitrogens with one attached hydrogen (secondary N) is 5. The minimum atomic E-state index is -1.11. The van der Waals surface area contributed by atoms with Gasteiger partial charge in [-0.05, 0) is 49.4 Å². The van der Waals surface area contributed by atoms with Gasteiger partial charge < -0.3 is 37.4 Å². The first-order valence-corrected chi connectivity index (χ1v) is 13.9. The number of hydrogen-bond donors (Lipinski definition) is 7. The summed E-state index contributed by atoms with van der Waals surface area (Å²) < 4.78 is 0. The number of anilines is 1. The van der Waals surface area contributed by atoms with E-state index in [1.54, 1.807) is 0 Å². The first-order chi connectivity index (χ1) is 20.4. The number of urea groups is 1. The summed E-state index contributed by atoms with van der Waals surface area (Å²) in [6, 6.07) is 3.15. The van der Waals surface area contributed by atoms with E-state index in [-0.39, 0.29) is 56.4 Å². The smallest absolute Gasteiger partial charge is 0.335 e. The standard InChI is InChI=1S/C28H39N7O8/c1-17(2)24(31-15-14-30-21(36)6-4-16-35-22(37)11-12-23(35)38)26(40)34-20(5-3-13-32-28(29)43)25(39)33-19-9-7-18(8-10-19)27(41)42/h7-12,17,20,24,31H,3-6,13-16H2,1-2H3,(H,30,36)(H,33,39)(H,34,40)(H,41,42)(H3,29,32,43)/t20-,24-/m0/s1. The van der Waals surface area contributed by atoms with Crippen molar-refractivity contribution in [3.05, 3.63) is 42.0 Å². The Morgan fingerprint density at radius 1 is 0.884 bits per heavy atom. The molecule has 0 fully saturated rings. The molecule has 0 unspecified atom stereocenters. The largest absolute Gasteiger partial charge is 0.478 e. The molecule has 2 rings (SSSR count). The zero-order valence-electron chi connectivity index (χ0n) is 24.2. The van der Waals surface area contributed by atoms with Crippen molar-refractivity contribution in [1.82, 2.24) is 26.2 Å². The highest BCUT2D eigenvalue weighted by Gasteiger charge is 2.27. The van der Waals surface area contributed by atoms with Gasteiger partial charge in [0.15, 0.2) is 0 Å². The Morgan fingerprint density at radius 3 is 2.12 bits per heavy atom. The highest BCUT2D eigenvalue weighted by molar-refractivity contribution is 6.12. The number of carbonyl (C=O) groups is 7. The van der Waals surface area contributed by atoms with Crippen LogP contribution in [-0.4, -0.2) is 89.8 Å². The van der Waals surface area contributed by atoms with E-state index in [2.05, 4.69) is 26.6 Å². The van der Waals surface area contributed by atoms with E-state index in [1.165, 1.54) is 36.4 Å². The van der Waals surface area contributed by atoms with Crippen LogP contribution in [0, 0.1) is 5.92 Å². The van der Waals surface area contributed by atoms with Gasteiger partial charge in [-0.1, -0.05) is 13.8 Å². The van der Waals surface area contributed by atoms with Crippen LogP contribution in [0.3, 0.4) is 0 Å². The Bertz CT molecular complexity index is 1200. The minimum absolute atomic E-state index is 0.0509. The molecule has 0 saturated heterocycles. The van der Waals surface area contributed by atoms with Crippen LogP contribution in [-0.2, 0) is 24.0 Å². The van der Waals surface area contributed by atoms with Crippen LogP contribution < -0.4 is 32.3 Å². The monoisotopic (exact) mass is 601 g/mol. The molecular weight excluding hydrogens is 562 g/mol. The van der Waals surface area contributed by atoms with E-state index in [4.69, 9.17) is 10.8 Å². The maximum absolute atomic E-state index is 13.2. The fraction of sp³-hybridized carbons (Fsp3) is 0.464. The summed E-state index contributed by atoms with van der Waals surface area (Å²) in [5.41, 5.74) is 5.48. The Balaban J connectivity index is 1.88. The number of primary amides is 1. The normalized spacial score (nSPS) is 13.9. The van der Waals surface area contributed by atoms with Crippen molar-refractivity contribution < 1.29 is 38.7 Å². The molecule has 234 valence electrons. The average Bonchev–Trinajstić information content (AvgIpc) is 3.26. The number of carboxylic acid groups (broad SMARTS) is 1. The van der Waals surface area contributed by atoms with Crippen LogP contribution in [0.1, 0.15) is 49.9 Å². The Morgan fingerprint density at radius 2 is 1.53 bits per heavy atom.